The zero-order valence-electron chi connectivity index (χ0n) is 5.22. The molecule has 0 aromatic carbocycles. The molecule has 1 aliphatic carbocycles. The first-order valence-electron chi connectivity index (χ1n) is 3.26. The van der Waals surface area contributed by atoms with Crippen molar-refractivity contribution >= 4 is 0 Å². The van der Waals surface area contributed by atoms with Crippen LogP contribution in [0.2, 0.25) is 0 Å². The number of hydrogen-bond donors (Lipinski definition) is 2. The van der Waals surface area contributed by atoms with Gasteiger partial charge in [0.1, 0.15) is 0 Å². The van der Waals surface area contributed by atoms with Gasteiger partial charge in [-0.2, -0.15) is 0 Å². The summed E-state index contributed by atoms with van der Waals surface area (Å²) in [5, 5.41) is 12.0. The maximum atomic E-state index is 8.79. The number of rotatable bonds is 3. The smallest absolute Gasteiger partial charge is 0.0709 e. The van der Waals surface area contributed by atoms with Gasteiger partial charge in [-0.1, -0.05) is 6.92 Å². The van der Waals surface area contributed by atoms with E-state index in [-0.39, 0.29) is 6.10 Å². The Hall–Kier alpha value is -0.0800. The number of nitrogens with one attached hydrogen (secondary N) is 1. The summed E-state index contributed by atoms with van der Waals surface area (Å²) in [7, 11) is 0. The molecule has 1 fully saturated rings. The van der Waals surface area contributed by atoms with E-state index >= 15 is 0 Å². The molecule has 0 heterocycles. The molecule has 2 nitrogen and oxygen atoms in total. The molecule has 2 atom stereocenters. The highest BCUT2D eigenvalue weighted by Crippen LogP contribution is 2.19. The second kappa shape index (κ2) is 2.46. The molecule has 0 aromatic heterocycles. The highest BCUT2D eigenvalue weighted by atomic mass is 16.3. The predicted molar refractivity (Wildman–Crippen MR) is 32.7 cm³/mol. The van der Waals surface area contributed by atoms with Crippen LogP contribution in [-0.4, -0.2) is 23.8 Å². The summed E-state index contributed by atoms with van der Waals surface area (Å²) in [6, 6.07) is 0.426. The minimum atomic E-state index is -0.0402. The number of aliphatic hydroxyl groups is 1. The average Bonchev–Trinajstić information content (AvgIpc) is 2.42. The standard InChI is InChI=1S/C6H13NO/c1-2-3-7-5-4-6(5)8/h5-8H,2-4H2,1H3. The van der Waals surface area contributed by atoms with Gasteiger partial charge < -0.3 is 10.4 Å². The Kier molecular flexibility index (Phi) is 1.86. The molecule has 48 valence electrons. The summed E-state index contributed by atoms with van der Waals surface area (Å²) in [6.45, 7) is 3.17. The van der Waals surface area contributed by atoms with E-state index in [0.29, 0.717) is 6.04 Å². The molecule has 1 saturated carbocycles. The van der Waals surface area contributed by atoms with Gasteiger partial charge >= 0.3 is 0 Å². The van der Waals surface area contributed by atoms with Crippen molar-refractivity contribution in [3.63, 3.8) is 0 Å². The highest BCUT2D eigenvalue weighted by molar-refractivity contribution is 4.92. The third-order valence-electron chi connectivity index (χ3n) is 1.41. The molecule has 0 amide bonds. The van der Waals surface area contributed by atoms with Gasteiger partial charge in [0.2, 0.25) is 0 Å². The van der Waals surface area contributed by atoms with Crippen molar-refractivity contribution in [3.05, 3.63) is 0 Å². The van der Waals surface area contributed by atoms with Gasteiger partial charge in [-0.05, 0) is 19.4 Å². The Morgan fingerprint density at radius 1 is 1.75 bits per heavy atom. The lowest BCUT2D eigenvalue weighted by molar-refractivity contribution is 0.264. The summed E-state index contributed by atoms with van der Waals surface area (Å²) >= 11 is 0. The fraction of sp³-hybridized carbons (Fsp3) is 1.00. The van der Waals surface area contributed by atoms with E-state index in [4.69, 9.17) is 5.11 Å². The zero-order valence-corrected chi connectivity index (χ0v) is 5.22. The summed E-state index contributed by atoms with van der Waals surface area (Å²) in [5.74, 6) is 0. The fourth-order valence-electron chi connectivity index (χ4n) is 0.731. The molecular weight excluding hydrogens is 102 g/mol. The molecule has 0 spiro atoms. The first kappa shape index (κ1) is 6.05. The Labute approximate surface area is 49.9 Å². The van der Waals surface area contributed by atoms with E-state index in [0.717, 1.165) is 19.4 Å². The molecule has 0 aromatic rings. The van der Waals surface area contributed by atoms with E-state index in [2.05, 4.69) is 12.2 Å². The molecule has 1 aliphatic rings. The van der Waals surface area contributed by atoms with Crippen molar-refractivity contribution in [2.45, 2.75) is 31.9 Å². The normalized spacial score (nSPS) is 35.2. The summed E-state index contributed by atoms with van der Waals surface area (Å²) in [4.78, 5) is 0. The van der Waals surface area contributed by atoms with Gasteiger partial charge in [-0.25, -0.2) is 0 Å². The van der Waals surface area contributed by atoms with Crippen molar-refractivity contribution < 1.29 is 5.11 Å². The lowest BCUT2D eigenvalue weighted by atomic mass is 10.5. The molecule has 0 bridgehead atoms. The van der Waals surface area contributed by atoms with Gasteiger partial charge in [0.25, 0.3) is 0 Å². The number of hydrogen-bond acceptors (Lipinski definition) is 2. The maximum Gasteiger partial charge on any atom is 0.0709 e. The third-order valence-corrected chi connectivity index (χ3v) is 1.41. The van der Waals surface area contributed by atoms with Crippen molar-refractivity contribution in [1.29, 1.82) is 0 Å². The lowest BCUT2D eigenvalue weighted by Gasteiger charge is -1.95. The molecule has 2 unspecified atom stereocenters. The van der Waals surface area contributed by atoms with Gasteiger partial charge in [0, 0.05) is 6.04 Å². The molecular formula is C6H13NO. The van der Waals surface area contributed by atoms with Crippen molar-refractivity contribution in [3.8, 4) is 0 Å². The molecule has 0 aliphatic heterocycles. The van der Waals surface area contributed by atoms with Crippen LogP contribution in [0.1, 0.15) is 19.8 Å². The second-order valence-electron chi connectivity index (χ2n) is 2.36. The average molecular weight is 115 g/mol. The van der Waals surface area contributed by atoms with Crippen LogP contribution in [0, 0.1) is 0 Å². The van der Waals surface area contributed by atoms with Crippen LogP contribution in [-0.2, 0) is 0 Å². The van der Waals surface area contributed by atoms with Gasteiger partial charge in [-0.15, -0.1) is 0 Å². The minimum Gasteiger partial charge on any atom is -0.391 e. The molecule has 2 N–H and O–H groups in total. The largest absolute Gasteiger partial charge is 0.391 e. The van der Waals surface area contributed by atoms with Gasteiger partial charge in [0.15, 0.2) is 0 Å². The van der Waals surface area contributed by atoms with Gasteiger partial charge in [0.05, 0.1) is 6.10 Å². The monoisotopic (exact) mass is 115 g/mol. The van der Waals surface area contributed by atoms with Crippen LogP contribution < -0.4 is 5.32 Å². The quantitative estimate of drug-likeness (QED) is 0.547. The van der Waals surface area contributed by atoms with Gasteiger partial charge in [-0.3, -0.25) is 0 Å². The molecule has 0 saturated heterocycles. The second-order valence-corrected chi connectivity index (χ2v) is 2.36. The highest BCUT2D eigenvalue weighted by Gasteiger charge is 2.33. The van der Waals surface area contributed by atoms with Crippen LogP contribution in [0.4, 0.5) is 0 Å². The van der Waals surface area contributed by atoms with Crippen molar-refractivity contribution in [2.75, 3.05) is 6.54 Å². The van der Waals surface area contributed by atoms with Crippen molar-refractivity contribution in [2.24, 2.45) is 0 Å². The molecule has 1 rings (SSSR count). The molecule has 0 radical (unpaired) electrons. The minimum absolute atomic E-state index is 0.0402. The molecule has 2 heteroatoms. The van der Waals surface area contributed by atoms with E-state index in [1.165, 1.54) is 0 Å². The van der Waals surface area contributed by atoms with E-state index in [9.17, 15) is 0 Å². The first-order valence-corrected chi connectivity index (χ1v) is 3.26. The molecule has 8 heavy (non-hydrogen) atoms. The van der Waals surface area contributed by atoms with Crippen LogP contribution in [0.5, 0.6) is 0 Å². The third kappa shape index (κ3) is 1.46. The van der Waals surface area contributed by atoms with E-state index < -0.39 is 0 Å². The van der Waals surface area contributed by atoms with E-state index in [1.54, 1.807) is 0 Å². The number of aliphatic hydroxyl groups excluding tert-OH is 1. The van der Waals surface area contributed by atoms with Crippen LogP contribution in [0.3, 0.4) is 0 Å². The predicted octanol–water partition coefficient (Wildman–Crippen LogP) is 0.119. The SMILES string of the molecule is CCCNC1CC1O. The van der Waals surface area contributed by atoms with Crippen LogP contribution >= 0.6 is 0 Å². The van der Waals surface area contributed by atoms with Crippen molar-refractivity contribution in [1.82, 2.24) is 5.32 Å². The summed E-state index contributed by atoms with van der Waals surface area (Å²) in [6.07, 6.45) is 2.07. The lowest BCUT2D eigenvalue weighted by Crippen LogP contribution is -2.19. The van der Waals surface area contributed by atoms with Crippen LogP contribution in [0.15, 0.2) is 0 Å². The maximum absolute atomic E-state index is 8.79. The van der Waals surface area contributed by atoms with E-state index in [1.807, 2.05) is 0 Å². The first-order chi connectivity index (χ1) is 3.84. The summed E-state index contributed by atoms with van der Waals surface area (Å²) < 4.78 is 0. The Balaban J connectivity index is 1.89. The fourth-order valence-corrected chi connectivity index (χ4v) is 0.731. The topological polar surface area (TPSA) is 32.3 Å². The summed E-state index contributed by atoms with van der Waals surface area (Å²) in [5.41, 5.74) is 0. The Morgan fingerprint density at radius 3 is 2.75 bits per heavy atom. The Bertz CT molecular complexity index is 74.9. The Morgan fingerprint density at radius 2 is 2.38 bits per heavy atom. The zero-order chi connectivity index (χ0) is 5.98. The van der Waals surface area contributed by atoms with Crippen LogP contribution in [0.25, 0.3) is 0 Å².